The van der Waals surface area contributed by atoms with Gasteiger partial charge in [0, 0.05) is 31.3 Å². The van der Waals surface area contributed by atoms with Crippen molar-refractivity contribution in [3.63, 3.8) is 0 Å². The minimum absolute atomic E-state index is 0.150. The van der Waals surface area contributed by atoms with Crippen molar-refractivity contribution in [1.29, 1.82) is 0 Å². The quantitative estimate of drug-likeness (QED) is 0.531. The second kappa shape index (κ2) is 6.69. The molecule has 0 N–H and O–H groups in total. The third-order valence-electron chi connectivity index (χ3n) is 5.00. The summed E-state index contributed by atoms with van der Waals surface area (Å²) in [7, 11) is 1.83. The van der Waals surface area contributed by atoms with Crippen LogP contribution in [0.5, 0.6) is 0 Å². The Labute approximate surface area is 164 Å². The van der Waals surface area contributed by atoms with E-state index in [1.807, 2.05) is 7.05 Å². The first-order valence-corrected chi connectivity index (χ1v) is 9.08. The number of hydrogen-bond donors (Lipinski definition) is 0. The molecule has 0 aliphatic carbocycles. The smallest absolute Gasteiger partial charge is 0.289 e. The number of aromatic nitrogens is 4. The lowest BCUT2D eigenvalue weighted by molar-refractivity contribution is 0.0701. The van der Waals surface area contributed by atoms with Gasteiger partial charge in [-0.05, 0) is 24.3 Å². The molecule has 1 aromatic carbocycles. The van der Waals surface area contributed by atoms with Crippen molar-refractivity contribution in [3.8, 4) is 23.0 Å². The van der Waals surface area contributed by atoms with Gasteiger partial charge in [-0.1, -0.05) is 17.3 Å². The summed E-state index contributed by atoms with van der Waals surface area (Å²) >= 11 is 0. The largest absolute Gasteiger partial charge is 0.459 e. The number of carbonyl (C=O) groups is 1. The molecule has 1 aliphatic heterocycles. The lowest BCUT2D eigenvalue weighted by atomic mass is 10.0. The third-order valence-corrected chi connectivity index (χ3v) is 5.00. The molecule has 146 valence electrons. The van der Waals surface area contributed by atoms with Crippen LogP contribution >= 0.6 is 0 Å². The fourth-order valence-corrected chi connectivity index (χ4v) is 3.57. The summed E-state index contributed by atoms with van der Waals surface area (Å²) in [5.41, 5.74) is 2.58. The van der Waals surface area contributed by atoms with E-state index in [9.17, 15) is 9.18 Å². The van der Waals surface area contributed by atoms with Crippen LogP contribution in [0, 0.1) is 5.82 Å². The zero-order chi connectivity index (χ0) is 20.0. The summed E-state index contributed by atoms with van der Waals surface area (Å²) in [5, 5.41) is 8.42. The molecule has 8 nitrogen and oxygen atoms in total. The van der Waals surface area contributed by atoms with Crippen LogP contribution in [-0.4, -0.2) is 37.3 Å². The Morgan fingerprint density at radius 2 is 2.07 bits per heavy atom. The van der Waals surface area contributed by atoms with Gasteiger partial charge in [-0.25, -0.2) is 4.39 Å². The number of amides is 1. The fraction of sp³-hybridized carbons (Fsp3) is 0.200. The minimum Gasteiger partial charge on any atom is -0.459 e. The zero-order valence-electron chi connectivity index (χ0n) is 15.5. The molecule has 0 radical (unpaired) electrons. The van der Waals surface area contributed by atoms with E-state index in [4.69, 9.17) is 8.94 Å². The number of rotatable bonds is 3. The van der Waals surface area contributed by atoms with Gasteiger partial charge in [0.05, 0.1) is 18.4 Å². The van der Waals surface area contributed by atoms with E-state index >= 15 is 0 Å². The second-order valence-electron chi connectivity index (χ2n) is 6.75. The molecule has 0 atom stereocenters. The molecule has 1 amide bonds. The molecule has 1 aliphatic rings. The molecule has 3 aromatic heterocycles. The molecular weight excluding hydrogens is 377 g/mol. The SMILES string of the molecule is Cn1nc(-c2nc(-c3ccccc3F)no2)c2c1CCN(C(=O)c1ccco1)C2. The number of fused-ring (bicyclic) bond motifs is 1. The summed E-state index contributed by atoms with van der Waals surface area (Å²) in [6.45, 7) is 0.894. The van der Waals surface area contributed by atoms with Crippen LogP contribution in [0.3, 0.4) is 0 Å². The topological polar surface area (TPSA) is 90.2 Å². The molecule has 9 heteroatoms. The maximum atomic E-state index is 14.0. The standard InChI is InChI=1S/C20H16FN5O3/c1-25-15-8-9-26(20(27)16-7-4-10-28-16)11-13(15)17(23-25)19-22-18(24-29-19)12-5-2-3-6-14(12)21/h2-7,10H,8-9,11H2,1H3. The normalized spacial score (nSPS) is 13.5. The average molecular weight is 393 g/mol. The highest BCUT2D eigenvalue weighted by Gasteiger charge is 2.30. The van der Waals surface area contributed by atoms with Crippen LogP contribution in [0.4, 0.5) is 4.39 Å². The van der Waals surface area contributed by atoms with Crippen LogP contribution in [0.25, 0.3) is 23.0 Å². The molecular formula is C20H16FN5O3. The number of halogens is 1. The van der Waals surface area contributed by atoms with E-state index in [1.54, 1.807) is 39.9 Å². The van der Waals surface area contributed by atoms with Gasteiger partial charge in [0.15, 0.2) is 11.5 Å². The molecule has 0 fully saturated rings. The summed E-state index contributed by atoms with van der Waals surface area (Å²) in [6.07, 6.45) is 2.11. The van der Waals surface area contributed by atoms with Crippen molar-refractivity contribution < 1.29 is 18.1 Å². The Balaban J connectivity index is 1.49. The molecule has 0 bridgehead atoms. The highest BCUT2D eigenvalue weighted by molar-refractivity contribution is 5.91. The number of furan rings is 1. The van der Waals surface area contributed by atoms with Crippen LogP contribution < -0.4 is 0 Å². The van der Waals surface area contributed by atoms with Gasteiger partial charge in [-0.3, -0.25) is 9.48 Å². The molecule has 0 saturated carbocycles. The number of aryl methyl sites for hydroxylation is 1. The van der Waals surface area contributed by atoms with Crippen LogP contribution in [0.1, 0.15) is 21.8 Å². The Bertz CT molecular complexity index is 1190. The Morgan fingerprint density at radius 3 is 2.86 bits per heavy atom. The van der Waals surface area contributed by atoms with Crippen LogP contribution in [0.15, 0.2) is 51.6 Å². The van der Waals surface area contributed by atoms with Crippen molar-refractivity contribution in [2.75, 3.05) is 6.54 Å². The third kappa shape index (κ3) is 2.91. The lowest BCUT2D eigenvalue weighted by Gasteiger charge is -2.26. The summed E-state index contributed by atoms with van der Waals surface area (Å²) in [5.74, 6) is 0.00824. The van der Waals surface area contributed by atoms with Crippen LogP contribution in [-0.2, 0) is 20.0 Å². The first-order valence-electron chi connectivity index (χ1n) is 9.08. The Hall–Kier alpha value is -3.75. The van der Waals surface area contributed by atoms with E-state index in [0.29, 0.717) is 31.0 Å². The van der Waals surface area contributed by atoms with Crippen molar-refractivity contribution >= 4 is 5.91 Å². The van der Waals surface area contributed by atoms with E-state index in [2.05, 4.69) is 15.2 Å². The van der Waals surface area contributed by atoms with Crippen molar-refractivity contribution in [2.24, 2.45) is 7.05 Å². The number of nitrogens with zero attached hydrogens (tertiary/aromatic N) is 5. The van der Waals surface area contributed by atoms with E-state index in [-0.39, 0.29) is 23.2 Å². The summed E-state index contributed by atoms with van der Waals surface area (Å²) in [4.78, 5) is 18.7. The van der Waals surface area contributed by atoms with Crippen molar-refractivity contribution in [3.05, 3.63) is 65.5 Å². The number of carbonyl (C=O) groups excluding carboxylic acids is 1. The molecule has 0 unspecified atom stereocenters. The van der Waals surface area contributed by atoms with Gasteiger partial charge in [0.2, 0.25) is 5.82 Å². The predicted octanol–water partition coefficient (Wildman–Crippen LogP) is 3.07. The molecule has 0 saturated heterocycles. The second-order valence-corrected chi connectivity index (χ2v) is 6.75. The zero-order valence-corrected chi connectivity index (χ0v) is 15.5. The average Bonchev–Trinajstić information content (AvgIpc) is 3.48. The van der Waals surface area contributed by atoms with Crippen molar-refractivity contribution in [2.45, 2.75) is 13.0 Å². The van der Waals surface area contributed by atoms with Crippen LogP contribution in [0.2, 0.25) is 0 Å². The highest BCUT2D eigenvalue weighted by Crippen LogP contribution is 2.31. The molecule has 29 heavy (non-hydrogen) atoms. The number of benzene rings is 1. The maximum Gasteiger partial charge on any atom is 0.289 e. The van der Waals surface area contributed by atoms with Gasteiger partial charge in [0.1, 0.15) is 5.82 Å². The fourth-order valence-electron chi connectivity index (χ4n) is 3.57. The van der Waals surface area contributed by atoms with E-state index in [0.717, 1.165) is 11.3 Å². The van der Waals surface area contributed by atoms with E-state index in [1.165, 1.54) is 12.3 Å². The van der Waals surface area contributed by atoms with Gasteiger partial charge in [-0.15, -0.1) is 0 Å². The maximum absolute atomic E-state index is 14.0. The van der Waals surface area contributed by atoms with Gasteiger partial charge in [-0.2, -0.15) is 10.1 Å². The predicted molar refractivity (Wildman–Crippen MR) is 99.0 cm³/mol. The van der Waals surface area contributed by atoms with Gasteiger partial charge < -0.3 is 13.8 Å². The molecule has 4 heterocycles. The molecule has 4 aromatic rings. The molecule has 5 rings (SSSR count). The first kappa shape index (κ1) is 17.4. The highest BCUT2D eigenvalue weighted by atomic mass is 19.1. The van der Waals surface area contributed by atoms with Gasteiger partial charge in [0.25, 0.3) is 11.8 Å². The lowest BCUT2D eigenvalue weighted by Crippen LogP contribution is -2.36. The summed E-state index contributed by atoms with van der Waals surface area (Å²) < 4.78 is 26.4. The first-order chi connectivity index (χ1) is 14.1. The molecule has 0 spiro atoms. The van der Waals surface area contributed by atoms with E-state index < -0.39 is 5.82 Å². The monoisotopic (exact) mass is 393 g/mol. The number of hydrogen-bond acceptors (Lipinski definition) is 6. The van der Waals surface area contributed by atoms with Gasteiger partial charge >= 0.3 is 0 Å². The summed E-state index contributed by atoms with van der Waals surface area (Å²) in [6, 6.07) is 9.55. The Kier molecular flexibility index (Phi) is 4.01. The Morgan fingerprint density at radius 1 is 1.21 bits per heavy atom. The minimum atomic E-state index is -0.432. The van der Waals surface area contributed by atoms with Crippen molar-refractivity contribution in [1.82, 2.24) is 24.8 Å².